The number of rotatable bonds is 26. The molecule has 0 heterocycles. The standard InChI is InChI=1S/C29H47N3O8/c1-2-3-14-37-16-18-39-21-26(33)8-6-15-38-17-19-40-22-27(34)20-24(28(31)35)7-4-5-13-32-29(36)23-9-11-25(30)12-10-23/h9-12,24H,2-8,13-22,30H2,1H3,(H2,31,35)(H,32,36). The van der Waals surface area contributed by atoms with Crippen molar-refractivity contribution in [2.75, 3.05) is 65.1 Å². The summed E-state index contributed by atoms with van der Waals surface area (Å²) in [5.41, 5.74) is 12.2. The number of amides is 2. The summed E-state index contributed by atoms with van der Waals surface area (Å²) in [6.45, 7) is 5.07. The van der Waals surface area contributed by atoms with Crippen molar-refractivity contribution in [3.05, 3.63) is 29.8 Å². The van der Waals surface area contributed by atoms with Crippen LogP contribution in [0.3, 0.4) is 0 Å². The number of nitrogens with one attached hydrogen (secondary N) is 1. The van der Waals surface area contributed by atoms with Crippen LogP contribution in [0.25, 0.3) is 0 Å². The van der Waals surface area contributed by atoms with Crippen molar-refractivity contribution >= 4 is 29.1 Å². The van der Waals surface area contributed by atoms with Gasteiger partial charge in [-0.25, -0.2) is 0 Å². The number of ketones is 2. The summed E-state index contributed by atoms with van der Waals surface area (Å²) in [6, 6.07) is 6.64. The molecule has 1 unspecified atom stereocenters. The molecule has 0 aliphatic rings. The van der Waals surface area contributed by atoms with Gasteiger partial charge in [-0.1, -0.05) is 19.8 Å². The third-order valence-electron chi connectivity index (χ3n) is 5.97. The molecule has 0 aliphatic heterocycles. The summed E-state index contributed by atoms with van der Waals surface area (Å²) < 4.78 is 21.4. The number of ether oxygens (including phenoxy) is 4. The number of carbonyl (C=O) groups is 4. The molecular formula is C29H47N3O8. The number of anilines is 1. The Kier molecular flexibility index (Phi) is 20.1. The van der Waals surface area contributed by atoms with E-state index in [2.05, 4.69) is 12.2 Å². The zero-order valence-electron chi connectivity index (χ0n) is 23.8. The molecule has 1 rings (SSSR count). The zero-order valence-corrected chi connectivity index (χ0v) is 23.8. The number of Topliss-reactive ketones (excluding diaryl/α,β-unsaturated/α-hetero) is 2. The molecule has 40 heavy (non-hydrogen) atoms. The van der Waals surface area contributed by atoms with Gasteiger partial charge in [0.15, 0.2) is 11.6 Å². The lowest BCUT2D eigenvalue weighted by Crippen LogP contribution is -2.28. The van der Waals surface area contributed by atoms with Gasteiger partial charge in [0.2, 0.25) is 5.91 Å². The van der Waals surface area contributed by atoms with Gasteiger partial charge in [0.25, 0.3) is 5.91 Å². The molecule has 0 bridgehead atoms. The fourth-order valence-electron chi connectivity index (χ4n) is 3.63. The molecule has 1 aromatic rings. The van der Waals surface area contributed by atoms with Gasteiger partial charge in [-0.15, -0.1) is 0 Å². The van der Waals surface area contributed by atoms with Crippen LogP contribution in [0.5, 0.6) is 0 Å². The summed E-state index contributed by atoms with van der Waals surface area (Å²) in [7, 11) is 0. The quantitative estimate of drug-likeness (QED) is 0.113. The topological polar surface area (TPSA) is 169 Å². The van der Waals surface area contributed by atoms with E-state index in [4.69, 9.17) is 30.4 Å². The highest BCUT2D eigenvalue weighted by Gasteiger charge is 2.19. The van der Waals surface area contributed by atoms with Gasteiger partial charge < -0.3 is 35.7 Å². The number of primary amides is 1. The Hall–Kier alpha value is -2.86. The number of hydrogen-bond donors (Lipinski definition) is 3. The van der Waals surface area contributed by atoms with Gasteiger partial charge in [0, 0.05) is 49.8 Å². The fourth-order valence-corrected chi connectivity index (χ4v) is 3.63. The van der Waals surface area contributed by atoms with Crippen molar-refractivity contribution in [3.63, 3.8) is 0 Å². The Balaban J connectivity index is 2.02. The van der Waals surface area contributed by atoms with Crippen LogP contribution in [0.15, 0.2) is 24.3 Å². The molecule has 0 fully saturated rings. The maximum atomic E-state index is 12.2. The van der Waals surface area contributed by atoms with Crippen molar-refractivity contribution in [3.8, 4) is 0 Å². The van der Waals surface area contributed by atoms with Crippen LogP contribution in [0, 0.1) is 5.92 Å². The van der Waals surface area contributed by atoms with Crippen molar-refractivity contribution in [2.45, 2.75) is 58.3 Å². The van der Waals surface area contributed by atoms with Crippen LogP contribution in [0.1, 0.15) is 68.6 Å². The molecular weight excluding hydrogens is 518 g/mol. The second-order valence-corrected chi connectivity index (χ2v) is 9.54. The Morgan fingerprint density at radius 2 is 1.38 bits per heavy atom. The van der Waals surface area contributed by atoms with Crippen molar-refractivity contribution in [1.29, 1.82) is 0 Å². The number of benzene rings is 1. The largest absolute Gasteiger partial charge is 0.399 e. The number of nitrogen functional groups attached to an aromatic ring is 1. The minimum absolute atomic E-state index is 0.0169. The number of nitrogens with two attached hydrogens (primary N) is 2. The predicted octanol–water partition coefficient (Wildman–Crippen LogP) is 2.45. The average molecular weight is 566 g/mol. The highest BCUT2D eigenvalue weighted by atomic mass is 16.5. The monoisotopic (exact) mass is 565 g/mol. The Morgan fingerprint density at radius 1 is 0.775 bits per heavy atom. The predicted molar refractivity (Wildman–Crippen MR) is 152 cm³/mol. The number of carbonyl (C=O) groups excluding carboxylic acids is 4. The van der Waals surface area contributed by atoms with Gasteiger partial charge in [-0.2, -0.15) is 0 Å². The first-order valence-electron chi connectivity index (χ1n) is 14.1. The van der Waals surface area contributed by atoms with Crippen molar-refractivity contribution < 1.29 is 38.1 Å². The van der Waals surface area contributed by atoms with Crippen LogP contribution >= 0.6 is 0 Å². The van der Waals surface area contributed by atoms with Crippen LogP contribution < -0.4 is 16.8 Å². The van der Waals surface area contributed by atoms with E-state index >= 15 is 0 Å². The highest BCUT2D eigenvalue weighted by molar-refractivity contribution is 5.94. The molecule has 0 saturated heterocycles. The molecule has 5 N–H and O–H groups in total. The van der Waals surface area contributed by atoms with Crippen LogP contribution in [-0.2, 0) is 33.3 Å². The number of hydrogen-bond acceptors (Lipinski definition) is 9. The minimum Gasteiger partial charge on any atom is -0.399 e. The van der Waals surface area contributed by atoms with Crippen LogP contribution in [-0.4, -0.2) is 82.8 Å². The van der Waals surface area contributed by atoms with Gasteiger partial charge in [0.05, 0.1) is 26.4 Å². The summed E-state index contributed by atoms with van der Waals surface area (Å²) in [5.74, 6) is -1.48. The molecule has 0 saturated carbocycles. The first kappa shape index (κ1) is 35.2. The molecule has 226 valence electrons. The van der Waals surface area contributed by atoms with E-state index in [0.29, 0.717) is 82.9 Å². The molecule has 2 amide bonds. The van der Waals surface area contributed by atoms with Crippen molar-refractivity contribution in [1.82, 2.24) is 5.32 Å². The van der Waals surface area contributed by atoms with E-state index in [9.17, 15) is 19.2 Å². The second-order valence-electron chi connectivity index (χ2n) is 9.54. The molecule has 1 atom stereocenters. The first-order valence-corrected chi connectivity index (χ1v) is 14.1. The van der Waals surface area contributed by atoms with E-state index in [1.165, 1.54) is 0 Å². The molecule has 11 nitrogen and oxygen atoms in total. The van der Waals surface area contributed by atoms with E-state index in [1.807, 2.05) is 0 Å². The van der Waals surface area contributed by atoms with Gasteiger partial charge in [0.1, 0.15) is 13.2 Å². The van der Waals surface area contributed by atoms with Crippen molar-refractivity contribution in [2.24, 2.45) is 11.7 Å². The summed E-state index contributed by atoms with van der Waals surface area (Å²) in [6.07, 6.45) is 4.83. The SMILES string of the molecule is CCCCOCCOCC(=O)CCCOCCOCC(=O)CC(CCCCNC(=O)c1ccc(N)cc1)C(N)=O. The Bertz CT molecular complexity index is 863. The van der Waals surface area contributed by atoms with Gasteiger partial charge >= 0.3 is 0 Å². The second kappa shape index (κ2) is 22.9. The normalized spacial score (nSPS) is 11.7. The highest BCUT2D eigenvalue weighted by Crippen LogP contribution is 2.13. The lowest BCUT2D eigenvalue weighted by atomic mass is 9.95. The van der Waals surface area contributed by atoms with E-state index < -0.39 is 11.8 Å². The third-order valence-corrected chi connectivity index (χ3v) is 5.97. The van der Waals surface area contributed by atoms with E-state index in [1.54, 1.807) is 24.3 Å². The zero-order chi connectivity index (χ0) is 29.4. The smallest absolute Gasteiger partial charge is 0.251 e. The van der Waals surface area contributed by atoms with Gasteiger partial charge in [-0.3, -0.25) is 19.2 Å². The minimum atomic E-state index is -0.574. The van der Waals surface area contributed by atoms with Gasteiger partial charge in [-0.05, 0) is 49.9 Å². The Labute approximate surface area is 237 Å². The lowest BCUT2D eigenvalue weighted by Gasteiger charge is -2.13. The maximum absolute atomic E-state index is 12.2. The lowest BCUT2D eigenvalue weighted by molar-refractivity contribution is -0.130. The molecule has 0 aromatic heterocycles. The third kappa shape index (κ3) is 18.4. The summed E-state index contributed by atoms with van der Waals surface area (Å²) in [5, 5.41) is 2.82. The summed E-state index contributed by atoms with van der Waals surface area (Å²) >= 11 is 0. The average Bonchev–Trinajstić information content (AvgIpc) is 2.93. The van der Waals surface area contributed by atoms with Crippen LogP contribution in [0.4, 0.5) is 5.69 Å². The molecule has 0 spiro atoms. The molecule has 0 radical (unpaired) electrons. The van der Waals surface area contributed by atoms with Crippen LogP contribution in [0.2, 0.25) is 0 Å². The Morgan fingerprint density at radius 3 is 2.00 bits per heavy atom. The molecule has 1 aromatic carbocycles. The number of unbranched alkanes of at least 4 members (excludes halogenated alkanes) is 2. The molecule has 0 aliphatic carbocycles. The fraction of sp³-hybridized carbons (Fsp3) is 0.655. The summed E-state index contributed by atoms with van der Waals surface area (Å²) in [4.78, 5) is 47.8. The molecule has 11 heteroatoms. The van der Waals surface area contributed by atoms with E-state index in [0.717, 1.165) is 12.8 Å². The van der Waals surface area contributed by atoms with E-state index in [-0.39, 0.29) is 43.7 Å². The maximum Gasteiger partial charge on any atom is 0.251 e. The first-order chi connectivity index (χ1) is 19.3.